The van der Waals surface area contributed by atoms with Crippen LogP contribution >= 0.6 is 0 Å². The van der Waals surface area contributed by atoms with E-state index in [2.05, 4.69) is 0 Å². The molecule has 5 heteroatoms. The highest BCUT2D eigenvalue weighted by atomic mass is 19.1. The minimum atomic E-state index is -0.312. The Hall–Kier alpha value is -2.40. The van der Waals surface area contributed by atoms with Gasteiger partial charge in [0.2, 0.25) is 0 Å². The van der Waals surface area contributed by atoms with Crippen LogP contribution in [0.25, 0.3) is 0 Å². The largest absolute Gasteiger partial charge is 0.457 e. The normalized spacial score (nSPS) is 22.4. The Morgan fingerprint density at radius 3 is 2.70 bits per heavy atom. The van der Waals surface area contributed by atoms with Gasteiger partial charge in [-0.2, -0.15) is 0 Å². The number of likely N-dealkylation sites (tertiary alicyclic amines) is 1. The molecule has 118 valence electrons. The predicted molar refractivity (Wildman–Crippen MR) is 82.1 cm³/mol. The molecule has 0 spiro atoms. The summed E-state index contributed by atoms with van der Waals surface area (Å²) in [5, 5.41) is 0. The van der Waals surface area contributed by atoms with Gasteiger partial charge in [0, 0.05) is 12.1 Å². The molecule has 0 N–H and O–H groups in total. The van der Waals surface area contributed by atoms with Crippen LogP contribution in [-0.4, -0.2) is 36.1 Å². The van der Waals surface area contributed by atoms with Crippen LogP contribution in [0.4, 0.5) is 4.39 Å². The number of carbonyl (C=O) groups is 1. The van der Waals surface area contributed by atoms with Gasteiger partial charge in [0.15, 0.2) is 0 Å². The number of hydrogen-bond acceptors (Lipinski definition) is 3. The summed E-state index contributed by atoms with van der Waals surface area (Å²) in [6.45, 7) is 1.29. The monoisotopic (exact) mass is 313 g/mol. The van der Waals surface area contributed by atoms with Crippen LogP contribution < -0.4 is 4.74 Å². The van der Waals surface area contributed by atoms with Gasteiger partial charge in [-0.05, 0) is 48.9 Å². The van der Waals surface area contributed by atoms with Crippen LogP contribution in [0.5, 0.6) is 11.5 Å². The average molecular weight is 313 g/mol. The van der Waals surface area contributed by atoms with Crippen molar-refractivity contribution in [2.75, 3.05) is 13.2 Å². The SMILES string of the molecule is O=C(c1cccc(Oc2ccc(F)cc2)c1)N1CC2CC1CO2. The van der Waals surface area contributed by atoms with Crippen molar-refractivity contribution in [2.45, 2.75) is 18.6 Å². The first-order valence-corrected chi connectivity index (χ1v) is 7.65. The van der Waals surface area contributed by atoms with Gasteiger partial charge in [-0.3, -0.25) is 4.79 Å². The van der Waals surface area contributed by atoms with Crippen LogP contribution in [0.1, 0.15) is 16.8 Å². The number of ether oxygens (including phenoxy) is 2. The zero-order valence-electron chi connectivity index (χ0n) is 12.4. The molecule has 2 bridgehead atoms. The molecule has 2 aliphatic heterocycles. The topological polar surface area (TPSA) is 38.8 Å². The Labute approximate surface area is 133 Å². The molecule has 1 amide bonds. The predicted octanol–water partition coefficient (Wildman–Crippen LogP) is 3.23. The molecule has 4 nitrogen and oxygen atoms in total. The molecule has 2 heterocycles. The maximum absolute atomic E-state index is 12.9. The van der Waals surface area contributed by atoms with E-state index in [0.717, 1.165) is 6.42 Å². The Morgan fingerprint density at radius 2 is 2.00 bits per heavy atom. The highest BCUT2D eigenvalue weighted by Gasteiger charge is 2.41. The lowest BCUT2D eigenvalue weighted by molar-refractivity contribution is 0.0259. The van der Waals surface area contributed by atoms with Crippen LogP contribution in [0, 0.1) is 5.82 Å². The number of morpholine rings is 1. The lowest BCUT2D eigenvalue weighted by Gasteiger charge is -2.27. The molecule has 0 radical (unpaired) electrons. The first-order valence-electron chi connectivity index (χ1n) is 7.65. The molecular formula is C18H16FNO3. The number of benzene rings is 2. The summed E-state index contributed by atoms with van der Waals surface area (Å²) in [5.74, 6) is 0.783. The van der Waals surface area contributed by atoms with Gasteiger partial charge < -0.3 is 14.4 Å². The number of hydrogen-bond donors (Lipinski definition) is 0. The van der Waals surface area contributed by atoms with Crippen LogP contribution in [0.2, 0.25) is 0 Å². The average Bonchev–Trinajstić information content (AvgIpc) is 3.20. The summed E-state index contributed by atoms with van der Waals surface area (Å²) in [5.41, 5.74) is 0.595. The third kappa shape index (κ3) is 2.80. The van der Waals surface area contributed by atoms with Crippen molar-refractivity contribution in [1.29, 1.82) is 0 Å². The van der Waals surface area contributed by atoms with E-state index in [1.165, 1.54) is 12.1 Å². The molecule has 2 aromatic carbocycles. The van der Waals surface area contributed by atoms with Gasteiger partial charge in [0.25, 0.3) is 5.91 Å². The summed E-state index contributed by atoms with van der Waals surface area (Å²) >= 11 is 0. The third-order valence-corrected chi connectivity index (χ3v) is 4.29. The molecule has 0 aromatic heterocycles. The van der Waals surface area contributed by atoms with E-state index in [4.69, 9.17) is 9.47 Å². The maximum Gasteiger partial charge on any atom is 0.254 e. The van der Waals surface area contributed by atoms with E-state index in [-0.39, 0.29) is 23.9 Å². The number of halogens is 1. The first kappa shape index (κ1) is 14.2. The van der Waals surface area contributed by atoms with E-state index >= 15 is 0 Å². The van der Waals surface area contributed by atoms with Crippen LogP contribution in [-0.2, 0) is 4.74 Å². The van der Waals surface area contributed by atoms with Crippen LogP contribution in [0.3, 0.4) is 0 Å². The zero-order valence-corrected chi connectivity index (χ0v) is 12.4. The summed E-state index contributed by atoms with van der Waals surface area (Å²) in [6, 6.07) is 13.0. The molecule has 2 fully saturated rings. The fourth-order valence-corrected chi connectivity index (χ4v) is 3.15. The van der Waals surface area contributed by atoms with Gasteiger partial charge in [0.05, 0.1) is 18.8 Å². The smallest absolute Gasteiger partial charge is 0.254 e. The minimum absolute atomic E-state index is 0.00496. The molecule has 0 saturated carbocycles. The highest BCUT2D eigenvalue weighted by Crippen LogP contribution is 2.30. The lowest BCUT2D eigenvalue weighted by Crippen LogP contribution is -2.41. The Balaban J connectivity index is 1.52. The van der Waals surface area contributed by atoms with Gasteiger partial charge in [0.1, 0.15) is 17.3 Å². The molecule has 2 saturated heterocycles. The van der Waals surface area contributed by atoms with Crippen molar-refractivity contribution >= 4 is 5.91 Å². The Morgan fingerprint density at radius 1 is 1.17 bits per heavy atom. The number of amides is 1. The second kappa shape index (κ2) is 5.66. The Kier molecular flexibility index (Phi) is 3.50. The van der Waals surface area contributed by atoms with E-state index in [1.54, 1.807) is 36.4 Å². The van der Waals surface area contributed by atoms with E-state index in [1.807, 2.05) is 4.90 Å². The minimum Gasteiger partial charge on any atom is -0.457 e. The molecule has 2 unspecified atom stereocenters. The number of nitrogens with zero attached hydrogens (tertiary/aromatic N) is 1. The van der Waals surface area contributed by atoms with Crippen molar-refractivity contribution in [3.8, 4) is 11.5 Å². The van der Waals surface area contributed by atoms with Gasteiger partial charge in [-0.1, -0.05) is 6.07 Å². The summed E-state index contributed by atoms with van der Waals surface area (Å²) < 4.78 is 24.1. The molecule has 2 atom stereocenters. The molecule has 4 rings (SSSR count). The number of rotatable bonds is 3. The van der Waals surface area contributed by atoms with Gasteiger partial charge in [-0.15, -0.1) is 0 Å². The number of carbonyl (C=O) groups excluding carboxylic acids is 1. The second-order valence-corrected chi connectivity index (χ2v) is 5.89. The highest BCUT2D eigenvalue weighted by molar-refractivity contribution is 5.95. The van der Waals surface area contributed by atoms with E-state index in [0.29, 0.717) is 30.2 Å². The third-order valence-electron chi connectivity index (χ3n) is 4.29. The van der Waals surface area contributed by atoms with Crippen molar-refractivity contribution in [3.05, 3.63) is 59.9 Å². The van der Waals surface area contributed by atoms with Gasteiger partial charge >= 0.3 is 0 Å². The summed E-state index contributed by atoms with van der Waals surface area (Å²) in [7, 11) is 0. The quantitative estimate of drug-likeness (QED) is 0.873. The fraction of sp³-hybridized carbons (Fsp3) is 0.278. The van der Waals surface area contributed by atoms with E-state index in [9.17, 15) is 9.18 Å². The Bertz CT molecular complexity index is 731. The van der Waals surface area contributed by atoms with Crippen molar-refractivity contribution in [1.82, 2.24) is 4.90 Å². The van der Waals surface area contributed by atoms with Gasteiger partial charge in [-0.25, -0.2) is 4.39 Å². The lowest BCUT2D eigenvalue weighted by atomic mass is 10.1. The molecule has 0 aliphatic carbocycles. The molecule has 2 aliphatic rings. The van der Waals surface area contributed by atoms with Crippen molar-refractivity contribution in [3.63, 3.8) is 0 Å². The summed E-state index contributed by atoms with van der Waals surface area (Å²) in [4.78, 5) is 14.5. The standard InChI is InChI=1S/C18H16FNO3/c19-13-4-6-15(7-5-13)23-16-3-1-2-12(8-16)18(21)20-10-17-9-14(20)11-22-17/h1-8,14,17H,9-11H2. The maximum atomic E-state index is 12.9. The zero-order chi connectivity index (χ0) is 15.8. The molecular weight excluding hydrogens is 297 g/mol. The summed E-state index contributed by atoms with van der Waals surface area (Å²) in [6.07, 6.45) is 1.11. The fourth-order valence-electron chi connectivity index (χ4n) is 3.15. The number of fused-ring (bicyclic) bond motifs is 2. The molecule has 2 aromatic rings. The van der Waals surface area contributed by atoms with Crippen molar-refractivity contribution < 1.29 is 18.7 Å². The first-order chi connectivity index (χ1) is 11.2. The molecule has 23 heavy (non-hydrogen) atoms. The van der Waals surface area contributed by atoms with E-state index < -0.39 is 0 Å². The van der Waals surface area contributed by atoms with Crippen molar-refractivity contribution in [2.24, 2.45) is 0 Å². The second-order valence-electron chi connectivity index (χ2n) is 5.89. The van der Waals surface area contributed by atoms with Crippen LogP contribution in [0.15, 0.2) is 48.5 Å².